The number of anilines is 2. The predicted molar refractivity (Wildman–Crippen MR) is 101 cm³/mol. The van der Waals surface area contributed by atoms with Gasteiger partial charge in [-0.2, -0.15) is 0 Å². The SMILES string of the molecule is COc1ccc(NC(=O)N[C@@H](C)Cc2cccs2)cc1NS(C)(=O)=O. The second-order valence-corrected chi connectivity index (χ2v) is 8.35. The van der Waals surface area contributed by atoms with Crippen LogP contribution in [-0.2, 0) is 16.4 Å². The molecule has 2 rings (SSSR count). The second-order valence-electron chi connectivity index (χ2n) is 5.57. The van der Waals surface area contributed by atoms with Gasteiger partial charge in [-0.25, -0.2) is 13.2 Å². The Morgan fingerprint density at radius 3 is 2.68 bits per heavy atom. The van der Waals surface area contributed by atoms with Crippen LogP contribution >= 0.6 is 11.3 Å². The predicted octanol–water partition coefficient (Wildman–Crippen LogP) is 2.88. The lowest BCUT2D eigenvalue weighted by Gasteiger charge is -2.15. The third-order valence-electron chi connectivity index (χ3n) is 3.22. The maximum atomic E-state index is 12.1. The minimum atomic E-state index is -3.46. The van der Waals surface area contributed by atoms with Crippen molar-refractivity contribution >= 4 is 38.8 Å². The van der Waals surface area contributed by atoms with Gasteiger partial charge < -0.3 is 15.4 Å². The van der Waals surface area contributed by atoms with E-state index >= 15 is 0 Å². The molecule has 0 saturated heterocycles. The number of hydrogen-bond donors (Lipinski definition) is 3. The smallest absolute Gasteiger partial charge is 0.319 e. The Bertz CT molecular complexity index is 820. The summed E-state index contributed by atoms with van der Waals surface area (Å²) in [6, 6.07) is 8.32. The largest absolute Gasteiger partial charge is 0.495 e. The number of rotatable bonds is 7. The molecular formula is C16H21N3O4S2. The lowest BCUT2D eigenvalue weighted by Crippen LogP contribution is -2.37. The molecule has 0 fully saturated rings. The molecule has 2 aromatic rings. The first-order chi connectivity index (χ1) is 11.8. The number of hydrogen-bond acceptors (Lipinski definition) is 5. The molecule has 1 atom stereocenters. The number of ether oxygens (including phenoxy) is 1. The van der Waals surface area contributed by atoms with Gasteiger partial charge in [0, 0.05) is 23.0 Å². The molecule has 0 saturated carbocycles. The summed E-state index contributed by atoms with van der Waals surface area (Å²) in [5.41, 5.74) is 0.710. The average molecular weight is 383 g/mol. The van der Waals surface area contributed by atoms with Crippen molar-refractivity contribution in [3.63, 3.8) is 0 Å². The summed E-state index contributed by atoms with van der Waals surface area (Å²) < 4.78 is 30.3. The first kappa shape index (κ1) is 19.1. The Kier molecular flexibility index (Phi) is 6.27. The first-order valence-corrected chi connectivity index (χ1v) is 10.3. The van der Waals surface area contributed by atoms with Crippen LogP contribution < -0.4 is 20.1 Å². The highest BCUT2D eigenvalue weighted by molar-refractivity contribution is 7.92. The van der Waals surface area contributed by atoms with Crippen molar-refractivity contribution in [2.75, 3.05) is 23.4 Å². The van der Waals surface area contributed by atoms with Gasteiger partial charge in [0.1, 0.15) is 5.75 Å². The molecule has 136 valence electrons. The van der Waals surface area contributed by atoms with E-state index in [2.05, 4.69) is 15.4 Å². The number of thiophene rings is 1. The molecule has 9 heteroatoms. The molecule has 2 amide bonds. The van der Waals surface area contributed by atoms with Crippen LogP contribution in [0.1, 0.15) is 11.8 Å². The molecular weight excluding hydrogens is 362 g/mol. The molecule has 1 aromatic carbocycles. The highest BCUT2D eigenvalue weighted by Gasteiger charge is 2.12. The van der Waals surface area contributed by atoms with Gasteiger partial charge in [0.2, 0.25) is 10.0 Å². The van der Waals surface area contributed by atoms with Gasteiger partial charge in [0.05, 0.1) is 19.1 Å². The summed E-state index contributed by atoms with van der Waals surface area (Å²) >= 11 is 1.64. The minimum absolute atomic E-state index is 0.0366. The quantitative estimate of drug-likeness (QED) is 0.685. The van der Waals surface area contributed by atoms with E-state index in [1.165, 1.54) is 18.1 Å². The number of urea groups is 1. The fourth-order valence-electron chi connectivity index (χ4n) is 2.24. The zero-order chi connectivity index (χ0) is 18.4. The number of sulfonamides is 1. The molecule has 1 aromatic heterocycles. The van der Waals surface area contributed by atoms with Gasteiger partial charge in [0.25, 0.3) is 0 Å². The lowest BCUT2D eigenvalue weighted by atomic mass is 10.2. The van der Waals surface area contributed by atoms with Crippen molar-refractivity contribution in [2.45, 2.75) is 19.4 Å². The van der Waals surface area contributed by atoms with Gasteiger partial charge in [-0.15, -0.1) is 11.3 Å². The van der Waals surface area contributed by atoms with E-state index < -0.39 is 10.0 Å². The lowest BCUT2D eigenvalue weighted by molar-refractivity contribution is 0.249. The average Bonchev–Trinajstić information content (AvgIpc) is 2.98. The van der Waals surface area contributed by atoms with Crippen LogP contribution in [0.2, 0.25) is 0 Å². The number of amides is 2. The molecule has 3 N–H and O–H groups in total. The molecule has 0 bridgehead atoms. The van der Waals surface area contributed by atoms with Gasteiger partial charge in [0.15, 0.2) is 0 Å². The van der Waals surface area contributed by atoms with Crippen LogP contribution in [-0.4, -0.2) is 33.9 Å². The van der Waals surface area contributed by atoms with Crippen molar-refractivity contribution in [1.82, 2.24) is 5.32 Å². The van der Waals surface area contributed by atoms with E-state index in [-0.39, 0.29) is 17.8 Å². The molecule has 0 unspecified atom stereocenters. The van der Waals surface area contributed by atoms with E-state index in [4.69, 9.17) is 4.74 Å². The van der Waals surface area contributed by atoms with Crippen molar-refractivity contribution < 1.29 is 17.9 Å². The van der Waals surface area contributed by atoms with Crippen molar-refractivity contribution in [3.05, 3.63) is 40.6 Å². The van der Waals surface area contributed by atoms with Gasteiger partial charge in [-0.3, -0.25) is 4.72 Å². The third-order valence-corrected chi connectivity index (χ3v) is 4.71. The number of methoxy groups -OCH3 is 1. The number of carbonyl (C=O) groups excluding carboxylic acids is 1. The molecule has 0 radical (unpaired) electrons. The Labute approximate surface area is 151 Å². The summed E-state index contributed by atoms with van der Waals surface area (Å²) in [6.45, 7) is 1.92. The van der Waals surface area contributed by atoms with E-state index in [1.807, 2.05) is 24.4 Å². The normalized spacial score (nSPS) is 12.3. The van der Waals surface area contributed by atoms with E-state index in [1.54, 1.807) is 23.5 Å². The summed E-state index contributed by atoms with van der Waals surface area (Å²) in [7, 11) is -2.02. The van der Waals surface area contributed by atoms with Crippen LogP contribution in [0.5, 0.6) is 5.75 Å². The first-order valence-electron chi connectivity index (χ1n) is 7.52. The second kappa shape index (κ2) is 8.21. The van der Waals surface area contributed by atoms with Crippen molar-refractivity contribution in [3.8, 4) is 5.75 Å². The van der Waals surface area contributed by atoms with E-state index in [0.29, 0.717) is 11.4 Å². The molecule has 7 nitrogen and oxygen atoms in total. The number of benzene rings is 1. The monoisotopic (exact) mass is 383 g/mol. The summed E-state index contributed by atoms with van der Waals surface area (Å²) in [6.07, 6.45) is 1.79. The summed E-state index contributed by atoms with van der Waals surface area (Å²) in [5, 5.41) is 7.54. The van der Waals surface area contributed by atoms with Gasteiger partial charge >= 0.3 is 6.03 Å². The molecule has 0 aliphatic carbocycles. The Balaban J connectivity index is 2.01. The Hall–Kier alpha value is -2.26. The Morgan fingerprint density at radius 2 is 2.08 bits per heavy atom. The number of nitrogens with one attached hydrogen (secondary N) is 3. The molecule has 25 heavy (non-hydrogen) atoms. The molecule has 1 heterocycles. The van der Waals surface area contributed by atoms with Crippen LogP contribution in [0.25, 0.3) is 0 Å². The highest BCUT2D eigenvalue weighted by atomic mass is 32.2. The minimum Gasteiger partial charge on any atom is -0.495 e. The fourth-order valence-corrected chi connectivity index (χ4v) is 3.63. The maximum Gasteiger partial charge on any atom is 0.319 e. The molecule has 0 aliphatic heterocycles. The summed E-state index contributed by atoms with van der Waals surface area (Å²) in [4.78, 5) is 13.3. The standard InChI is InChI=1S/C16H21N3O4S2/c1-11(9-13-5-4-8-24-13)17-16(20)18-12-6-7-15(23-2)14(10-12)19-25(3,21)22/h4-8,10-11,19H,9H2,1-3H3,(H2,17,18,20)/t11-/m0/s1. The van der Waals surface area contributed by atoms with E-state index in [0.717, 1.165) is 12.7 Å². The zero-order valence-corrected chi connectivity index (χ0v) is 15.8. The third kappa shape index (κ3) is 6.28. The fraction of sp³-hybridized carbons (Fsp3) is 0.312. The van der Waals surface area contributed by atoms with Crippen molar-refractivity contribution in [2.24, 2.45) is 0 Å². The van der Waals surface area contributed by atoms with Crippen LogP contribution in [0, 0.1) is 0 Å². The topological polar surface area (TPSA) is 96.5 Å². The van der Waals surface area contributed by atoms with Gasteiger partial charge in [-0.05, 0) is 36.6 Å². The van der Waals surface area contributed by atoms with E-state index in [9.17, 15) is 13.2 Å². The zero-order valence-electron chi connectivity index (χ0n) is 14.2. The maximum absolute atomic E-state index is 12.1. The summed E-state index contributed by atoms with van der Waals surface area (Å²) in [5.74, 6) is 0.363. The van der Waals surface area contributed by atoms with Gasteiger partial charge in [-0.1, -0.05) is 6.07 Å². The van der Waals surface area contributed by atoms with Crippen LogP contribution in [0.15, 0.2) is 35.7 Å². The number of carbonyl (C=O) groups is 1. The van der Waals surface area contributed by atoms with Crippen LogP contribution in [0.3, 0.4) is 0 Å². The Morgan fingerprint density at radius 1 is 1.32 bits per heavy atom. The highest BCUT2D eigenvalue weighted by Crippen LogP contribution is 2.28. The van der Waals surface area contributed by atoms with Crippen molar-refractivity contribution in [1.29, 1.82) is 0 Å². The van der Waals surface area contributed by atoms with Crippen LogP contribution in [0.4, 0.5) is 16.2 Å². The molecule has 0 spiro atoms. The molecule has 0 aliphatic rings.